The van der Waals surface area contributed by atoms with Gasteiger partial charge in [0.15, 0.2) is 0 Å². The van der Waals surface area contributed by atoms with Crippen LogP contribution in [0.4, 0.5) is 4.39 Å². The van der Waals surface area contributed by atoms with E-state index in [1.165, 1.54) is 23.9 Å². The van der Waals surface area contributed by atoms with Gasteiger partial charge in [-0.05, 0) is 31.3 Å². The number of rotatable bonds is 5. The number of H-pyrrole nitrogens is 1. The average Bonchev–Trinajstić information content (AvgIpc) is 2.73. The Bertz CT molecular complexity index is 570. The summed E-state index contributed by atoms with van der Waals surface area (Å²) in [6.07, 6.45) is 0. The van der Waals surface area contributed by atoms with Crippen molar-refractivity contribution in [3.63, 3.8) is 0 Å². The molecule has 0 amide bonds. The van der Waals surface area contributed by atoms with Crippen molar-refractivity contribution in [1.29, 1.82) is 0 Å². The summed E-state index contributed by atoms with van der Waals surface area (Å²) in [5.74, 6) is 1.23. The van der Waals surface area contributed by atoms with Crippen LogP contribution in [0.15, 0.2) is 28.7 Å². The van der Waals surface area contributed by atoms with Crippen LogP contribution in [-0.2, 0) is 5.75 Å². The fourth-order valence-electron chi connectivity index (χ4n) is 1.28. The summed E-state index contributed by atoms with van der Waals surface area (Å²) in [4.78, 5) is 0.254. The van der Waals surface area contributed by atoms with Crippen LogP contribution in [0.25, 0.3) is 0 Å². The fraction of sp³-hybridized carbons (Fsp3) is 0.273. The van der Waals surface area contributed by atoms with Crippen molar-refractivity contribution in [2.45, 2.75) is 18.1 Å². The molecule has 0 saturated carbocycles. The van der Waals surface area contributed by atoms with Gasteiger partial charge in [-0.2, -0.15) is 0 Å². The Morgan fingerprint density at radius 3 is 3.11 bits per heavy atom. The largest absolute Gasteiger partial charge is 0.480 e. The van der Waals surface area contributed by atoms with Crippen molar-refractivity contribution >= 4 is 24.0 Å². The highest BCUT2D eigenvalue weighted by Crippen LogP contribution is 2.21. The molecular weight excluding hydrogens is 275 g/mol. The van der Waals surface area contributed by atoms with Crippen LogP contribution in [0.1, 0.15) is 12.8 Å². The number of aromatic nitrogens is 2. The predicted octanol–water partition coefficient (Wildman–Crippen LogP) is 3.53. The number of nitrogens with one attached hydrogen (secondary N) is 1. The van der Waals surface area contributed by atoms with Gasteiger partial charge in [0.1, 0.15) is 17.0 Å². The second kappa shape index (κ2) is 6.01. The molecular formula is C11H11FN2O2S2. The summed E-state index contributed by atoms with van der Waals surface area (Å²) >= 11 is 6.24. The summed E-state index contributed by atoms with van der Waals surface area (Å²) in [7, 11) is 0. The van der Waals surface area contributed by atoms with Gasteiger partial charge in [0.05, 0.1) is 5.75 Å². The van der Waals surface area contributed by atoms with Gasteiger partial charge in [-0.15, -0.1) is 16.9 Å². The Balaban J connectivity index is 1.85. The summed E-state index contributed by atoms with van der Waals surface area (Å²) in [5, 5.41) is 6.42. The van der Waals surface area contributed by atoms with Gasteiger partial charge in [0, 0.05) is 6.07 Å². The molecule has 1 N–H and O–H groups in total. The van der Waals surface area contributed by atoms with Crippen LogP contribution in [0.2, 0.25) is 0 Å². The minimum atomic E-state index is -0.317. The molecule has 4 nitrogen and oxygen atoms in total. The first-order valence-corrected chi connectivity index (χ1v) is 6.67. The molecule has 1 unspecified atom stereocenters. The van der Waals surface area contributed by atoms with Gasteiger partial charge < -0.3 is 9.15 Å². The molecule has 2 rings (SSSR count). The lowest BCUT2D eigenvalue weighted by Gasteiger charge is -2.13. The Morgan fingerprint density at radius 2 is 2.44 bits per heavy atom. The SMILES string of the molecule is CC(Oc1cccc(F)c1)SCc1n[nH]c(=S)o1. The molecule has 0 spiro atoms. The first-order chi connectivity index (χ1) is 8.63. The number of halogens is 1. The summed E-state index contributed by atoms with van der Waals surface area (Å²) in [5.41, 5.74) is -0.146. The lowest BCUT2D eigenvalue weighted by atomic mass is 10.3. The topological polar surface area (TPSA) is 51.0 Å². The number of hydrogen-bond donors (Lipinski definition) is 1. The maximum Gasteiger partial charge on any atom is 0.284 e. The van der Waals surface area contributed by atoms with Crippen molar-refractivity contribution in [2.24, 2.45) is 0 Å². The van der Waals surface area contributed by atoms with Crippen LogP contribution in [0.3, 0.4) is 0 Å². The Hall–Kier alpha value is -1.34. The third-order valence-corrected chi connectivity index (χ3v) is 3.18. The zero-order chi connectivity index (χ0) is 13.0. The number of aromatic amines is 1. The molecule has 1 heterocycles. The molecule has 0 aliphatic heterocycles. The van der Waals surface area contributed by atoms with E-state index in [0.717, 1.165) is 0 Å². The molecule has 1 aromatic carbocycles. The fourth-order valence-corrected chi connectivity index (χ4v) is 2.10. The van der Waals surface area contributed by atoms with E-state index in [-0.39, 0.29) is 16.1 Å². The van der Waals surface area contributed by atoms with Crippen LogP contribution >= 0.6 is 24.0 Å². The Labute approximate surface area is 113 Å². The molecule has 0 aliphatic carbocycles. The molecule has 0 saturated heterocycles. The maximum absolute atomic E-state index is 12.9. The smallest absolute Gasteiger partial charge is 0.284 e. The Kier molecular flexibility index (Phi) is 4.38. The van der Waals surface area contributed by atoms with E-state index < -0.39 is 0 Å². The van der Waals surface area contributed by atoms with E-state index >= 15 is 0 Å². The lowest BCUT2D eigenvalue weighted by Crippen LogP contribution is -2.07. The van der Waals surface area contributed by atoms with Crippen LogP contribution in [0.5, 0.6) is 5.75 Å². The third kappa shape index (κ3) is 3.85. The van der Waals surface area contributed by atoms with Crippen LogP contribution < -0.4 is 4.74 Å². The number of ether oxygens (including phenoxy) is 1. The molecule has 0 bridgehead atoms. The van der Waals surface area contributed by atoms with E-state index in [4.69, 9.17) is 21.4 Å². The monoisotopic (exact) mass is 286 g/mol. The minimum Gasteiger partial charge on any atom is -0.480 e. The lowest BCUT2D eigenvalue weighted by molar-refractivity contribution is 0.305. The summed E-state index contributed by atoms with van der Waals surface area (Å²) in [6, 6.07) is 6.03. The third-order valence-electron chi connectivity index (χ3n) is 2.02. The molecule has 0 radical (unpaired) electrons. The molecule has 2 aromatic rings. The van der Waals surface area contributed by atoms with Gasteiger partial charge in [0.25, 0.3) is 4.84 Å². The first-order valence-electron chi connectivity index (χ1n) is 5.22. The molecule has 96 valence electrons. The first kappa shape index (κ1) is 13.1. The van der Waals surface area contributed by atoms with Gasteiger partial charge >= 0.3 is 0 Å². The standard InChI is InChI=1S/C11H11FN2O2S2/c1-7(15-9-4-2-3-8(12)5-9)18-6-10-13-14-11(17)16-10/h2-5,7H,6H2,1H3,(H,14,17). The van der Waals surface area contributed by atoms with E-state index in [1.54, 1.807) is 12.1 Å². The quantitative estimate of drug-likeness (QED) is 0.673. The summed E-state index contributed by atoms with van der Waals surface area (Å²) < 4.78 is 23.6. The van der Waals surface area contributed by atoms with Gasteiger partial charge in [-0.25, -0.2) is 9.49 Å². The minimum absolute atomic E-state index is 0.146. The van der Waals surface area contributed by atoms with Gasteiger partial charge in [0.2, 0.25) is 5.89 Å². The number of thioether (sulfide) groups is 1. The normalized spacial score (nSPS) is 12.3. The molecule has 0 fully saturated rings. The number of benzene rings is 1. The second-order valence-corrected chi connectivity index (χ2v) is 5.12. The molecule has 0 aliphatic rings. The summed E-state index contributed by atoms with van der Waals surface area (Å²) in [6.45, 7) is 1.87. The van der Waals surface area contributed by atoms with E-state index in [0.29, 0.717) is 17.4 Å². The maximum atomic E-state index is 12.9. The molecule has 18 heavy (non-hydrogen) atoms. The van der Waals surface area contributed by atoms with Crippen molar-refractivity contribution < 1.29 is 13.5 Å². The average molecular weight is 286 g/mol. The number of nitrogens with zero attached hydrogens (tertiary/aromatic N) is 1. The zero-order valence-electron chi connectivity index (χ0n) is 9.55. The van der Waals surface area contributed by atoms with Crippen molar-refractivity contribution in [1.82, 2.24) is 10.2 Å². The molecule has 1 atom stereocenters. The van der Waals surface area contributed by atoms with Crippen molar-refractivity contribution in [2.75, 3.05) is 0 Å². The predicted molar refractivity (Wildman–Crippen MR) is 69.5 cm³/mol. The van der Waals surface area contributed by atoms with Gasteiger partial charge in [-0.3, -0.25) is 0 Å². The number of hydrogen-bond acceptors (Lipinski definition) is 5. The van der Waals surface area contributed by atoms with Crippen LogP contribution in [-0.4, -0.2) is 15.6 Å². The van der Waals surface area contributed by atoms with Gasteiger partial charge in [-0.1, -0.05) is 6.07 Å². The van der Waals surface area contributed by atoms with E-state index in [2.05, 4.69) is 10.2 Å². The highest BCUT2D eigenvalue weighted by molar-refractivity contribution is 7.98. The van der Waals surface area contributed by atoms with Crippen molar-refractivity contribution in [3.8, 4) is 5.75 Å². The molecule has 7 heteroatoms. The zero-order valence-corrected chi connectivity index (χ0v) is 11.2. The van der Waals surface area contributed by atoms with Crippen LogP contribution in [0, 0.1) is 10.7 Å². The van der Waals surface area contributed by atoms with E-state index in [9.17, 15) is 4.39 Å². The van der Waals surface area contributed by atoms with Crippen molar-refractivity contribution in [3.05, 3.63) is 40.8 Å². The highest BCUT2D eigenvalue weighted by Gasteiger charge is 2.08. The Morgan fingerprint density at radius 1 is 1.61 bits per heavy atom. The molecule has 1 aromatic heterocycles. The highest BCUT2D eigenvalue weighted by atomic mass is 32.2. The second-order valence-electron chi connectivity index (χ2n) is 3.46. The van der Waals surface area contributed by atoms with E-state index in [1.807, 2.05) is 6.92 Å².